The maximum atomic E-state index is 6.10. The van der Waals surface area contributed by atoms with Crippen molar-refractivity contribution in [3.63, 3.8) is 0 Å². The lowest BCUT2D eigenvalue weighted by Gasteiger charge is -2.20. The minimum atomic E-state index is -0.200. The number of anilines is 3. The first kappa shape index (κ1) is 14.3. The van der Waals surface area contributed by atoms with Crippen molar-refractivity contribution in [2.24, 2.45) is 0 Å². The largest absolute Gasteiger partial charge is 0.383 e. The molecule has 0 aliphatic heterocycles. The number of hydrogen-bond acceptors (Lipinski definition) is 5. The van der Waals surface area contributed by atoms with Gasteiger partial charge in [-0.05, 0) is 32.9 Å². The number of benzene rings is 1. The number of fused-ring (bicyclic) bond motifs is 1. The van der Waals surface area contributed by atoms with Gasteiger partial charge in [-0.25, -0.2) is 14.6 Å². The molecule has 0 unspecified atom stereocenters. The molecule has 0 aliphatic carbocycles. The van der Waals surface area contributed by atoms with Gasteiger partial charge in [-0.3, -0.25) is 0 Å². The first-order chi connectivity index (χ1) is 10.4. The lowest BCUT2D eigenvalue weighted by molar-refractivity contribution is 0.366. The van der Waals surface area contributed by atoms with Gasteiger partial charge in [0, 0.05) is 12.7 Å². The van der Waals surface area contributed by atoms with Gasteiger partial charge in [0.15, 0.2) is 11.5 Å². The van der Waals surface area contributed by atoms with E-state index in [-0.39, 0.29) is 5.54 Å². The topological polar surface area (TPSA) is 72.9 Å². The molecule has 114 valence electrons. The quantitative estimate of drug-likeness (QED) is 0.787. The average molecular weight is 296 g/mol. The number of para-hydroxylation sites is 1. The molecule has 3 rings (SSSR count). The normalized spacial score (nSPS) is 11.8. The second kappa shape index (κ2) is 4.98. The molecule has 0 aliphatic rings. The van der Waals surface area contributed by atoms with Gasteiger partial charge in [0.2, 0.25) is 0 Å². The summed E-state index contributed by atoms with van der Waals surface area (Å²) >= 11 is 0. The summed E-state index contributed by atoms with van der Waals surface area (Å²) < 4.78 is 1.90. The van der Waals surface area contributed by atoms with Gasteiger partial charge in [-0.2, -0.15) is 5.10 Å². The van der Waals surface area contributed by atoms with Crippen molar-refractivity contribution >= 4 is 28.4 Å². The highest BCUT2D eigenvalue weighted by Gasteiger charge is 2.25. The van der Waals surface area contributed by atoms with Crippen molar-refractivity contribution in [2.75, 3.05) is 17.7 Å². The molecule has 0 bridgehead atoms. The van der Waals surface area contributed by atoms with E-state index in [1.54, 1.807) is 0 Å². The molecule has 2 aromatic heterocycles. The van der Waals surface area contributed by atoms with Gasteiger partial charge in [0.25, 0.3) is 0 Å². The minimum absolute atomic E-state index is 0.200. The van der Waals surface area contributed by atoms with Crippen LogP contribution in [-0.4, -0.2) is 26.8 Å². The van der Waals surface area contributed by atoms with Crippen molar-refractivity contribution in [3.8, 4) is 0 Å². The highest BCUT2D eigenvalue weighted by Crippen LogP contribution is 2.34. The third-order valence-electron chi connectivity index (χ3n) is 3.57. The van der Waals surface area contributed by atoms with Crippen LogP contribution in [0, 0.1) is 0 Å². The Morgan fingerprint density at radius 2 is 1.77 bits per heavy atom. The smallest absolute Gasteiger partial charge is 0.168 e. The predicted octanol–water partition coefficient (Wildman–Crippen LogP) is 2.93. The zero-order valence-electron chi connectivity index (χ0n) is 13.3. The van der Waals surface area contributed by atoms with Crippen LogP contribution in [0.2, 0.25) is 0 Å². The molecule has 3 aromatic rings. The molecule has 0 atom stereocenters. The van der Waals surface area contributed by atoms with E-state index in [0.29, 0.717) is 5.82 Å². The number of hydrogen-bond donors (Lipinski definition) is 1. The lowest BCUT2D eigenvalue weighted by Crippen LogP contribution is -2.24. The van der Waals surface area contributed by atoms with Crippen LogP contribution in [0.4, 0.5) is 17.3 Å². The highest BCUT2D eigenvalue weighted by atomic mass is 15.4. The van der Waals surface area contributed by atoms with E-state index in [1.807, 2.05) is 47.0 Å². The maximum absolute atomic E-state index is 6.10. The Bertz CT molecular complexity index is 801. The fourth-order valence-corrected chi connectivity index (χ4v) is 2.43. The molecule has 0 radical (unpaired) electrons. The minimum Gasteiger partial charge on any atom is -0.383 e. The summed E-state index contributed by atoms with van der Waals surface area (Å²) in [5, 5.41) is 5.54. The van der Waals surface area contributed by atoms with Crippen LogP contribution in [0.1, 0.15) is 20.8 Å². The molecule has 0 spiro atoms. The van der Waals surface area contributed by atoms with Crippen molar-refractivity contribution in [2.45, 2.75) is 26.3 Å². The van der Waals surface area contributed by atoms with Crippen molar-refractivity contribution in [1.29, 1.82) is 0 Å². The molecule has 2 heterocycles. The Labute approximate surface area is 129 Å². The second-order valence-corrected chi connectivity index (χ2v) is 6.26. The summed E-state index contributed by atoms with van der Waals surface area (Å²) in [6.07, 6.45) is 1.48. The number of nitrogens with zero attached hydrogens (tertiary/aromatic N) is 5. The van der Waals surface area contributed by atoms with Crippen LogP contribution in [-0.2, 0) is 5.54 Å². The zero-order valence-corrected chi connectivity index (χ0v) is 13.3. The molecular formula is C16H20N6. The SMILES string of the molecule is CN(c1ccccc1)c1nn(C(C)(C)C)c2ncnc(N)c12. The molecule has 0 amide bonds. The molecule has 0 fully saturated rings. The molecule has 22 heavy (non-hydrogen) atoms. The second-order valence-electron chi connectivity index (χ2n) is 6.26. The Kier molecular flexibility index (Phi) is 3.24. The molecule has 0 saturated heterocycles. The molecule has 2 N–H and O–H groups in total. The average Bonchev–Trinajstić information content (AvgIpc) is 2.88. The van der Waals surface area contributed by atoms with Crippen LogP contribution >= 0.6 is 0 Å². The third-order valence-corrected chi connectivity index (χ3v) is 3.57. The van der Waals surface area contributed by atoms with Gasteiger partial charge < -0.3 is 10.6 Å². The third kappa shape index (κ3) is 2.26. The highest BCUT2D eigenvalue weighted by molar-refractivity contribution is 5.97. The van der Waals surface area contributed by atoms with Gasteiger partial charge in [-0.15, -0.1) is 0 Å². The molecule has 6 nitrogen and oxygen atoms in total. The fraction of sp³-hybridized carbons (Fsp3) is 0.312. The van der Waals surface area contributed by atoms with Crippen LogP contribution in [0.15, 0.2) is 36.7 Å². The van der Waals surface area contributed by atoms with E-state index < -0.39 is 0 Å². The summed E-state index contributed by atoms with van der Waals surface area (Å²) in [4.78, 5) is 10.5. The number of nitrogen functional groups attached to an aromatic ring is 1. The van der Waals surface area contributed by atoms with E-state index in [0.717, 1.165) is 22.5 Å². The summed E-state index contributed by atoms with van der Waals surface area (Å²) in [5.74, 6) is 1.20. The number of rotatable bonds is 2. The van der Waals surface area contributed by atoms with Crippen LogP contribution in [0.3, 0.4) is 0 Å². The van der Waals surface area contributed by atoms with Gasteiger partial charge in [0.05, 0.1) is 5.54 Å². The van der Waals surface area contributed by atoms with Crippen molar-refractivity contribution < 1.29 is 0 Å². The van der Waals surface area contributed by atoms with Crippen molar-refractivity contribution in [3.05, 3.63) is 36.7 Å². The molecular weight excluding hydrogens is 276 g/mol. The Balaban J connectivity index is 2.26. The Hall–Kier alpha value is -2.63. The Morgan fingerprint density at radius 3 is 2.41 bits per heavy atom. The van der Waals surface area contributed by atoms with E-state index in [1.165, 1.54) is 6.33 Å². The van der Waals surface area contributed by atoms with Gasteiger partial charge in [-0.1, -0.05) is 18.2 Å². The number of aromatic nitrogens is 4. The first-order valence-corrected chi connectivity index (χ1v) is 7.18. The standard InChI is InChI=1S/C16H20N6/c1-16(2,3)22-14-12(13(17)18-10-19-14)15(20-22)21(4)11-8-6-5-7-9-11/h5-10H,1-4H3,(H2,17,18,19). The summed E-state index contributed by atoms with van der Waals surface area (Å²) in [7, 11) is 1.97. The van der Waals surface area contributed by atoms with E-state index >= 15 is 0 Å². The zero-order chi connectivity index (χ0) is 15.9. The van der Waals surface area contributed by atoms with E-state index in [2.05, 4.69) is 30.7 Å². The lowest BCUT2D eigenvalue weighted by atomic mass is 10.1. The molecule has 1 aromatic carbocycles. The van der Waals surface area contributed by atoms with Crippen LogP contribution in [0.25, 0.3) is 11.0 Å². The maximum Gasteiger partial charge on any atom is 0.168 e. The Morgan fingerprint density at radius 1 is 1.09 bits per heavy atom. The fourth-order valence-electron chi connectivity index (χ4n) is 2.43. The monoisotopic (exact) mass is 296 g/mol. The van der Waals surface area contributed by atoms with Crippen LogP contribution < -0.4 is 10.6 Å². The van der Waals surface area contributed by atoms with Crippen LogP contribution in [0.5, 0.6) is 0 Å². The van der Waals surface area contributed by atoms with E-state index in [9.17, 15) is 0 Å². The molecule has 0 saturated carbocycles. The van der Waals surface area contributed by atoms with Gasteiger partial charge in [0.1, 0.15) is 17.5 Å². The predicted molar refractivity (Wildman–Crippen MR) is 89.2 cm³/mol. The summed E-state index contributed by atoms with van der Waals surface area (Å²) in [6, 6.07) is 10.0. The molecule has 6 heteroatoms. The van der Waals surface area contributed by atoms with Gasteiger partial charge >= 0.3 is 0 Å². The van der Waals surface area contributed by atoms with Crippen molar-refractivity contribution in [1.82, 2.24) is 19.7 Å². The van der Waals surface area contributed by atoms with E-state index in [4.69, 9.17) is 10.8 Å². The summed E-state index contributed by atoms with van der Waals surface area (Å²) in [5.41, 5.74) is 7.68. The first-order valence-electron chi connectivity index (χ1n) is 7.18. The number of nitrogens with two attached hydrogens (primary N) is 1. The summed E-state index contributed by atoms with van der Waals surface area (Å²) in [6.45, 7) is 6.26.